The monoisotopic (exact) mass is 346 g/mol. The lowest BCUT2D eigenvalue weighted by Crippen LogP contribution is -2.08. The van der Waals surface area contributed by atoms with E-state index in [2.05, 4.69) is 4.85 Å². The highest BCUT2D eigenvalue weighted by atomic mass is 16.5. The molecule has 0 spiro atoms. The fraction of sp³-hybridized carbons (Fsp3) is 0.100. The van der Waals surface area contributed by atoms with Gasteiger partial charge in [-0.05, 0) is 30.7 Å². The van der Waals surface area contributed by atoms with Gasteiger partial charge in [-0.15, -0.1) is 0 Å². The van der Waals surface area contributed by atoms with Gasteiger partial charge in [0.05, 0.1) is 18.7 Å². The molecule has 0 fully saturated rings. The van der Waals surface area contributed by atoms with Gasteiger partial charge in [0.1, 0.15) is 17.4 Å². The van der Waals surface area contributed by atoms with Gasteiger partial charge in [0.2, 0.25) is 0 Å². The SMILES string of the molecule is [C-]#[N+]c1ccc(C(=O)Oc2ccc(/C=C(/C#N)C(=O)OCC)cc2)cc1. The van der Waals surface area contributed by atoms with Gasteiger partial charge in [0, 0.05) is 0 Å². The van der Waals surface area contributed by atoms with Gasteiger partial charge in [-0.25, -0.2) is 14.4 Å². The van der Waals surface area contributed by atoms with Crippen LogP contribution >= 0.6 is 0 Å². The van der Waals surface area contributed by atoms with Crippen LogP contribution in [0.3, 0.4) is 0 Å². The molecule has 0 N–H and O–H groups in total. The van der Waals surface area contributed by atoms with Crippen molar-refractivity contribution in [1.29, 1.82) is 5.26 Å². The summed E-state index contributed by atoms with van der Waals surface area (Å²) in [7, 11) is 0. The van der Waals surface area contributed by atoms with E-state index in [-0.39, 0.29) is 12.2 Å². The molecule has 0 radical (unpaired) electrons. The average Bonchev–Trinajstić information content (AvgIpc) is 2.67. The molecule has 0 atom stereocenters. The van der Waals surface area contributed by atoms with Gasteiger partial charge in [0.25, 0.3) is 0 Å². The van der Waals surface area contributed by atoms with Crippen LogP contribution in [-0.2, 0) is 9.53 Å². The fourth-order valence-corrected chi connectivity index (χ4v) is 1.98. The first-order valence-electron chi connectivity index (χ1n) is 7.66. The third-order valence-electron chi connectivity index (χ3n) is 3.25. The normalized spacial score (nSPS) is 10.3. The number of ether oxygens (including phenoxy) is 2. The Balaban J connectivity index is 2.09. The number of esters is 2. The summed E-state index contributed by atoms with van der Waals surface area (Å²) in [6, 6.07) is 14.2. The highest BCUT2D eigenvalue weighted by Gasteiger charge is 2.11. The molecule has 0 aromatic heterocycles. The van der Waals surface area contributed by atoms with E-state index in [1.54, 1.807) is 37.3 Å². The van der Waals surface area contributed by atoms with Gasteiger partial charge < -0.3 is 9.47 Å². The zero-order chi connectivity index (χ0) is 18.9. The Morgan fingerprint density at radius 2 is 1.81 bits per heavy atom. The summed E-state index contributed by atoms with van der Waals surface area (Å²) in [6.45, 7) is 8.73. The third-order valence-corrected chi connectivity index (χ3v) is 3.25. The summed E-state index contributed by atoms with van der Waals surface area (Å²) in [5, 5.41) is 9.01. The summed E-state index contributed by atoms with van der Waals surface area (Å²) in [5.74, 6) is -0.918. The summed E-state index contributed by atoms with van der Waals surface area (Å²) in [5.41, 5.74) is 1.25. The zero-order valence-electron chi connectivity index (χ0n) is 13.9. The summed E-state index contributed by atoms with van der Waals surface area (Å²) in [4.78, 5) is 26.9. The van der Waals surface area contributed by atoms with Gasteiger partial charge in [0.15, 0.2) is 5.69 Å². The predicted octanol–water partition coefficient (Wildman–Crippen LogP) is 3.93. The molecule has 0 amide bonds. The van der Waals surface area contributed by atoms with Crippen molar-refractivity contribution in [3.63, 3.8) is 0 Å². The standard InChI is InChI=1S/C20H14N2O4/c1-3-25-19(23)16(13-21)12-14-4-10-18(11-5-14)26-20(24)15-6-8-17(22-2)9-7-15/h4-12H,3H2,1H3/b16-12-. The van der Waals surface area contributed by atoms with E-state index in [0.717, 1.165) is 0 Å². The van der Waals surface area contributed by atoms with Crippen LogP contribution in [0.2, 0.25) is 0 Å². The van der Waals surface area contributed by atoms with Gasteiger partial charge in [-0.1, -0.05) is 36.4 Å². The Hall–Kier alpha value is -3.90. The smallest absolute Gasteiger partial charge is 0.348 e. The van der Waals surface area contributed by atoms with Crippen molar-refractivity contribution in [2.75, 3.05) is 6.61 Å². The van der Waals surface area contributed by atoms with Crippen LogP contribution < -0.4 is 4.74 Å². The van der Waals surface area contributed by atoms with E-state index in [1.807, 2.05) is 0 Å². The van der Waals surface area contributed by atoms with Crippen LogP contribution in [0.25, 0.3) is 10.9 Å². The Morgan fingerprint density at radius 1 is 1.15 bits per heavy atom. The summed E-state index contributed by atoms with van der Waals surface area (Å²) in [6.07, 6.45) is 1.40. The van der Waals surface area contributed by atoms with Crippen molar-refractivity contribution in [1.82, 2.24) is 0 Å². The minimum absolute atomic E-state index is 0.114. The first-order chi connectivity index (χ1) is 12.6. The topological polar surface area (TPSA) is 80.8 Å². The van der Waals surface area contributed by atoms with Crippen molar-refractivity contribution < 1.29 is 19.1 Å². The molecular formula is C20H14N2O4. The maximum Gasteiger partial charge on any atom is 0.348 e. The highest BCUT2D eigenvalue weighted by molar-refractivity contribution is 5.98. The van der Waals surface area contributed by atoms with Crippen LogP contribution in [0.4, 0.5) is 5.69 Å². The van der Waals surface area contributed by atoms with E-state index in [4.69, 9.17) is 21.3 Å². The maximum absolute atomic E-state index is 12.1. The largest absolute Gasteiger partial charge is 0.462 e. The van der Waals surface area contributed by atoms with E-state index in [9.17, 15) is 9.59 Å². The Morgan fingerprint density at radius 3 is 2.35 bits per heavy atom. The summed E-state index contributed by atoms with van der Waals surface area (Å²) < 4.78 is 10.0. The molecule has 2 rings (SSSR count). The number of nitriles is 1. The molecule has 2 aromatic carbocycles. The molecule has 2 aromatic rings. The van der Waals surface area contributed by atoms with Crippen LogP contribution in [0.15, 0.2) is 54.1 Å². The molecule has 0 aliphatic heterocycles. The molecule has 128 valence electrons. The van der Waals surface area contributed by atoms with E-state index in [1.165, 1.54) is 30.3 Å². The first kappa shape index (κ1) is 18.4. The molecule has 0 saturated heterocycles. The van der Waals surface area contributed by atoms with Crippen molar-refractivity contribution >= 4 is 23.7 Å². The lowest BCUT2D eigenvalue weighted by atomic mass is 10.1. The van der Waals surface area contributed by atoms with Gasteiger partial charge >= 0.3 is 11.9 Å². The first-order valence-corrected chi connectivity index (χ1v) is 7.66. The van der Waals surface area contributed by atoms with Crippen molar-refractivity contribution in [3.05, 3.63) is 76.6 Å². The van der Waals surface area contributed by atoms with Crippen LogP contribution in [0, 0.1) is 17.9 Å². The number of benzene rings is 2. The van der Waals surface area contributed by atoms with E-state index < -0.39 is 11.9 Å². The number of nitrogens with zero attached hydrogens (tertiary/aromatic N) is 2. The molecule has 6 nitrogen and oxygen atoms in total. The lowest BCUT2D eigenvalue weighted by molar-refractivity contribution is -0.137. The quantitative estimate of drug-likeness (QED) is 0.269. The minimum Gasteiger partial charge on any atom is -0.462 e. The second kappa shape index (κ2) is 8.81. The van der Waals surface area contributed by atoms with Crippen LogP contribution in [0.5, 0.6) is 5.75 Å². The third kappa shape index (κ3) is 4.80. The van der Waals surface area contributed by atoms with Crippen molar-refractivity contribution in [2.45, 2.75) is 6.92 Å². The van der Waals surface area contributed by atoms with Crippen molar-refractivity contribution in [3.8, 4) is 11.8 Å². The number of hydrogen-bond acceptors (Lipinski definition) is 5. The van der Waals surface area contributed by atoms with Crippen LogP contribution in [0.1, 0.15) is 22.8 Å². The Bertz CT molecular complexity index is 914. The number of carbonyl (C=O) groups is 2. The molecular weight excluding hydrogens is 332 g/mol. The molecule has 26 heavy (non-hydrogen) atoms. The number of rotatable bonds is 5. The molecule has 0 aliphatic carbocycles. The van der Waals surface area contributed by atoms with Crippen LogP contribution in [-0.4, -0.2) is 18.5 Å². The Labute approximate surface area is 150 Å². The molecule has 0 saturated carbocycles. The van der Waals surface area contributed by atoms with E-state index >= 15 is 0 Å². The Kier molecular flexibility index (Phi) is 6.25. The molecule has 0 unspecified atom stereocenters. The van der Waals surface area contributed by atoms with Crippen molar-refractivity contribution in [2.24, 2.45) is 0 Å². The lowest BCUT2D eigenvalue weighted by Gasteiger charge is -2.05. The molecule has 0 bridgehead atoms. The van der Waals surface area contributed by atoms with E-state index in [0.29, 0.717) is 22.6 Å². The fourth-order valence-electron chi connectivity index (χ4n) is 1.98. The predicted molar refractivity (Wildman–Crippen MR) is 94.3 cm³/mol. The molecule has 0 aliphatic rings. The second-order valence-corrected chi connectivity index (χ2v) is 5.01. The second-order valence-electron chi connectivity index (χ2n) is 5.01. The summed E-state index contributed by atoms with van der Waals surface area (Å²) >= 11 is 0. The van der Waals surface area contributed by atoms with Gasteiger partial charge in [-0.3, -0.25) is 0 Å². The highest BCUT2D eigenvalue weighted by Crippen LogP contribution is 2.18. The zero-order valence-corrected chi connectivity index (χ0v) is 13.9. The minimum atomic E-state index is -0.687. The number of hydrogen-bond donors (Lipinski definition) is 0. The molecule has 6 heteroatoms. The maximum atomic E-state index is 12.1. The average molecular weight is 346 g/mol. The molecule has 0 heterocycles. The van der Waals surface area contributed by atoms with Gasteiger partial charge in [-0.2, -0.15) is 5.26 Å². The number of carbonyl (C=O) groups excluding carboxylic acids is 2.